The molecule has 0 spiro atoms. The van der Waals surface area contributed by atoms with Crippen molar-refractivity contribution >= 4 is 34.4 Å². The van der Waals surface area contributed by atoms with Crippen LogP contribution in [-0.4, -0.2) is 9.97 Å². The zero-order chi connectivity index (χ0) is 20.8. The van der Waals surface area contributed by atoms with Gasteiger partial charge in [-0.15, -0.1) is 0 Å². The second kappa shape index (κ2) is 8.96. The van der Waals surface area contributed by atoms with Crippen LogP contribution in [0.1, 0.15) is 12.5 Å². The molecule has 1 heterocycles. The summed E-state index contributed by atoms with van der Waals surface area (Å²) in [7, 11) is 0. The number of rotatable bonds is 7. The van der Waals surface area contributed by atoms with E-state index in [4.69, 9.17) is 5.73 Å². The maximum atomic E-state index is 6.42. The lowest BCUT2D eigenvalue weighted by atomic mass is 10.1. The number of aromatic nitrogens is 2. The summed E-state index contributed by atoms with van der Waals surface area (Å²) in [6, 6.07) is 28.2. The third-order valence-electron chi connectivity index (χ3n) is 4.76. The van der Waals surface area contributed by atoms with E-state index >= 15 is 0 Å². The summed E-state index contributed by atoms with van der Waals surface area (Å²) in [6.45, 7) is 2.13. The number of nitrogens with two attached hydrogens (primary N) is 1. The van der Waals surface area contributed by atoms with E-state index in [1.165, 1.54) is 11.9 Å². The Hall–Kier alpha value is -4.06. The molecule has 0 fully saturated rings. The topological polar surface area (TPSA) is 79.1 Å². The zero-order valence-electron chi connectivity index (χ0n) is 16.8. The monoisotopic (exact) mass is 396 g/mol. The van der Waals surface area contributed by atoms with Crippen molar-refractivity contribution in [2.45, 2.75) is 13.3 Å². The maximum absolute atomic E-state index is 6.42. The number of para-hydroxylation sites is 2. The first-order valence-corrected chi connectivity index (χ1v) is 9.88. The Balaban J connectivity index is 1.63. The predicted octanol–water partition coefficient (Wildman–Crippen LogP) is 5.53. The third kappa shape index (κ3) is 4.33. The SMILES string of the molecule is CCc1ccc(Nc2ncnc(NN(c3ccccc3)c3ccccc3)c2N)cc1. The largest absolute Gasteiger partial charge is 0.393 e. The molecule has 6 heteroatoms. The highest BCUT2D eigenvalue weighted by Crippen LogP contribution is 2.30. The molecule has 6 nitrogen and oxygen atoms in total. The van der Waals surface area contributed by atoms with E-state index in [1.807, 2.05) is 77.8 Å². The first kappa shape index (κ1) is 19.3. The van der Waals surface area contributed by atoms with Crippen molar-refractivity contribution in [2.24, 2.45) is 0 Å². The van der Waals surface area contributed by atoms with Gasteiger partial charge in [-0.2, -0.15) is 0 Å². The van der Waals surface area contributed by atoms with E-state index in [-0.39, 0.29) is 0 Å². The molecule has 0 radical (unpaired) electrons. The second-order valence-corrected chi connectivity index (χ2v) is 6.78. The summed E-state index contributed by atoms with van der Waals surface area (Å²) in [5.74, 6) is 1.07. The van der Waals surface area contributed by atoms with Crippen LogP contribution in [0.3, 0.4) is 0 Å². The van der Waals surface area contributed by atoms with Crippen LogP contribution < -0.4 is 21.5 Å². The molecule has 30 heavy (non-hydrogen) atoms. The number of hydrogen-bond donors (Lipinski definition) is 3. The van der Waals surface area contributed by atoms with Crippen molar-refractivity contribution in [1.82, 2.24) is 9.97 Å². The predicted molar refractivity (Wildman–Crippen MR) is 124 cm³/mol. The number of nitrogens with one attached hydrogen (secondary N) is 2. The molecule has 0 saturated heterocycles. The van der Waals surface area contributed by atoms with E-state index in [0.29, 0.717) is 17.3 Å². The minimum atomic E-state index is 0.439. The average molecular weight is 396 g/mol. The average Bonchev–Trinajstić information content (AvgIpc) is 2.81. The van der Waals surface area contributed by atoms with Gasteiger partial charge in [-0.05, 0) is 48.4 Å². The fraction of sp³-hybridized carbons (Fsp3) is 0.0833. The highest BCUT2D eigenvalue weighted by atomic mass is 15.5. The molecule has 0 aliphatic rings. The van der Waals surface area contributed by atoms with Crippen molar-refractivity contribution in [3.8, 4) is 0 Å². The van der Waals surface area contributed by atoms with Gasteiger partial charge < -0.3 is 11.1 Å². The molecule has 0 unspecified atom stereocenters. The van der Waals surface area contributed by atoms with E-state index in [0.717, 1.165) is 23.5 Å². The van der Waals surface area contributed by atoms with Crippen molar-refractivity contribution in [1.29, 1.82) is 0 Å². The number of hydrazine groups is 1. The minimum absolute atomic E-state index is 0.439. The van der Waals surface area contributed by atoms with Gasteiger partial charge in [0, 0.05) is 5.69 Å². The quantitative estimate of drug-likeness (QED) is 0.357. The van der Waals surface area contributed by atoms with Gasteiger partial charge in [-0.3, -0.25) is 10.4 Å². The second-order valence-electron chi connectivity index (χ2n) is 6.78. The standard InChI is InChI=1S/C24H24N6/c1-2-18-13-15-19(16-14-18)28-23-22(25)24(27-17-26-23)29-30(20-9-5-3-6-10-20)21-11-7-4-8-12-21/h3-17H,2,25H2,1H3,(H2,26,27,28,29). The van der Waals surface area contributed by atoms with Crippen LogP contribution in [0.4, 0.5) is 34.4 Å². The molecule has 4 N–H and O–H groups in total. The van der Waals surface area contributed by atoms with E-state index in [1.54, 1.807) is 0 Å². The molecule has 150 valence electrons. The molecule has 0 saturated carbocycles. The smallest absolute Gasteiger partial charge is 0.173 e. The van der Waals surface area contributed by atoms with Gasteiger partial charge in [0.2, 0.25) is 0 Å². The fourth-order valence-electron chi connectivity index (χ4n) is 3.08. The van der Waals surface area contributed by atoms with Crippen LogP contribution in [-0.2, 0) is 6.42 Å². The highest BCUT2D eigenvalue weighted by molar-refractivity contribution is 5.80. The maximum Gasteiger partial charge on any atom is 0.173 e. The lowest BCUT2D eigenvalue weighted by Gasteiger charge is -2.26. The summed E-state index contributed by atoms with van der Waals surface area (Å²) in [5.41, 5.74) is 14.3. The zero-order valence-corrected chi connectivity index (χ0v) is 16.8. The van der Waals surface area contributed by atoms with Crippen LogP contribution in [0.25, 0.3) is 0 Å². The van der Waals surface area contributed by atoms with Crippen LogP contribution in [0.15, 0.2) is 91.3 Å². The molecule has 0 bridgehead atoms. The number of benzene rings is 3. The first-order valence-electron chi connectivity index (χ1n) is 9.88. The van der Waals surface area contributed by atoms with Gasteiger partial charge in [0.25, 0.3) is 0 Å². The number of hydrogen-bond acceptors (Lipinski definition) is 6. The van der Waals surface area contributed by atoms with Crippen LogP contribution in [0.2, 0.25) is 0 Å². The van der Waals surface area contributed by atoms with E-state index < -0.39 is 0 Å². The summed E-state index contributed by atoms with van der Waals surface area (Å²) < 4.78 is 0. The normalized spacial score (nSPS) is 10.4. The van der Waals surface area contributed by atoms with Crippen LogP contribution >= 0.6 is 0 Å². The Labute approximate surface area is 176 Å². The summed E-state index contributed by atoms with van der Waals surface area (Å²) >= 11 is 0. The molecule has 1 aromatic heterocycles. The van der Waals surface area contributed by atoms with Gasteiger partial charge in [-0.25, -0.2) is 9.97 Å². The van der Waals surface area contributed by atoms with Crippen molar-refractivity contribution in [3.05, 3.63) is 96.8 Å². The number of aryl methyl sites for hydroxylation is 1. The Bertz CT molecular complexity index is 1040. The van der Waals surface area contributed by atoms with Gasteiger partial charge in [-0.1, -0.05) is 55.5 Å². The summed E-state index contributed by atoms with van der Waals surface area (Å²) in [5, 5.41) is 5.23. The van der Waals surface area contributed by atoms with Crippen molar-refractivity contribution in [2.75, 3.05) is 21.5 Å². The van der Waals surface area contributed by atoms with Gasteiger partial charge in [0.05, 0.1) is 11.4 Å². The number of nitrogens with zero attached hydrogens (tertiary/aromatic N) is 3. The number of anilines is 6. The Kier molecular flexibility index (Phi) is 5.75. The molecule has 4 aromatic rings. The summed E-state index contributed by atoms with van der Waals surface area (Å²) in [6.07, 6.45) is 2.49. The highest BCUT2D eigenvalue weighted by Gasteiger charge is 2.14. The Morgan fingerprint density at radius 2 is 1.33 bits per heavy atom. The fourth-order valence-corrected chi connectivity index (χ4v) is 3.08. The third-order valence-corrected chi connectivity index (χ3v) is 4.76. The number of nitrogen functional groups attached to an aromatic ring is 1. The molecule has 0 atom stereocenters. The lowest BCUT2D eigenvalue weighted by molar-refractivity contribution is 1.09. The van der Waals surface area contributed by atoms with E-state index in [2.05, 4.69) is 39.8 Å². The van der Waals surface area contributed by atoms with Crippen LogP contribution in [0.5, 0.6) is 0 Å². The van der Waals surface area contributed by atoms with Gasteiger partial charge >= 0.3 is 0 Å². The molecular weight excluding hydrogens is 372 g/mol. The van der Waals surface area contributed by atoms with Gasteiger partial charge in [0.1, 0.15) is 12.0 Å². The molecule has 4 rings (SSSR count). The molecular formula is C24H24N6. The first-order chi connectivity index (χ1) is 14.7. The lowest BCUT2D eigenvalue weighted by Crippen LogP contribution is -2.26. The van der Waals surface area contributed by atoms with E-state index in [9.17, 15) is 0 Å². The van der Waals surface area contributed by atoms with Crippen molar-refractivity contribution in [3.63, 3.8) is 0 Å². The summed E-state index contributed by atoms with van der Waals surface area (Å²) in [4.78, 5) is 8.69. The van der Waals surface area contributed by atoms with Crippen LogP contribution in [0, 0.1) is 0 Å². The Morgan fingerprint density at radius 1 is 0.767 bits per heavy atom. The Morgan fingerprint density at radius 3 is 1.90 bits per heavy atom. The molecule has 3 aromatic carbocycles. The molecule has 0 amide bonds. The molecule has 0 aliphatic heterocycles. The molecule has 0 aliphatic carbocycles. The minimum Gasteiger partial charge on any atom is -0.393 e. The van der Waals surface area contributed by atoms with Crippen molar-refractivity contribution < 1.29 is 0 Å². The van der Waals surface area contributed by atoms with Gasteiger partial charge in [0.15, 0.2) is 11.6 Å².